The molecule has 3 heterocycles. The first-order valence-corrected chi connectivity index (χ1v) is 10.4. The van der Waals surface area contributed by atoms with Crippen molar-refractivity contribution in [2.45, 2.75) is 24.5 Å². The zero-order valence-electron chi connectivity index (χ0n) is 17.1. The fraction of sp³-hybridized carbons (Fsp3) is 0.545. The van der Waals surface area contributed by atoms with Crippen LogP contribution >= 0.6 is 0 Å². The highest BCUT2D eigenvalue weighted by Crippen LogP contribution is 2.36. The van der Waals surface area contributed by atoms with Gasteiger partial charge in [0.05, 0.1) is 19.7 Å². The second-order valence-corrected chi connectivity index (χ2v) is 8.86. The van der Waals surface area contributed by atoms with Crippen molar-refractivity contribution in [3.8, 4) is 0 Å². The number of likely N-dealkylation sites (tertiary alicyclic amines) is 1. The number of morpholine rings is 1. The van der Waals surface area contributed by atoms with Gasteiger partial charge in [-0.3, -0.25) is 14.5 Å². The maximum atomic E-state index is 13.0. The Labute approximate surface area is 170 Å². The summed E-state index contributed by atoms with van der Waals surface area (Å²) in [6.45, 7) is 3.22. The Morgan fingerprint density at radius 3 is 2.72 bits per heavy atom. The van der Waals surface area contributed by atoms with Gasteiger partial charge in [0, 0.05) is 49.8 Å². The van der Waals surface area contributed by atoms with Crippen LogP contribution in [0.2, 0.25) is 0 Å². The molecule has 1 saturated carbocycles. The third kappa shape index (κ3) is 3.32. The fourth-order valence-corrected chi connectivity index (χ4v) is 4.70. The summed E-state index contributed by atoms with van der Waals surface area (Å²) >= 11 is 0. The number of benzene rings is 1. The van der Waals surface area contributed by atoms with Crippen molar-refractivity contribution >= 4 is 22.7 Å². The lowest BCUT2D eigenvalue weighted by Crippen LogP contribution is -2.73. The van der Waals surface area contributed by atoms with Crippen LogP contribution in [0, 0.1) is 5.92 Å². The highest BCUT2D eigenvalue weighted by Gasteiger charge is 2.52. The number of nitrogens with zero attached hydrogens (tertiary/aromatic N) is 3. The van der Waals surface area contributed by atoms with Gasteiger partial charge in [0.25, 0.3) is 5.91 Å². The molecule has 29 heavy (non-hydrogen) atoms. The Bertz CT molecular complexity index is 958. The van der Waals surface area contributed by atoms with Gasteiger partial charge in [0.1, 0.15) is 11.6 Å². The Kier molecular flexibility index (Phi) is 4.40. The first kappa shape index (κ1) is 18.6. The van der Waals surface area contributed by atoms with E-state index in [0.717, 1.165) is 17.4 Å². The lowest BCUT2D eigenvalue weighted by Gasteiger charge is -2.55. The Morgan fingerprint density at radius 1 is 1.21 bits per heavy atom. The highest BCUT2D eigenvalue weighted by atomic mass is 16.5. The number of rotatable bonds is 4. The van der Waals surface area contributed by atoms with E-state index < -0.39 is 0 Å². The minimum atomic E-state index is -0.341. The van der Waals surface area contributed by atoms with E-state index in [1.165, 1.54) is 12.8 Å². The predicted molar refractivity (Wildman–Crippen MR) is 110 cm³/mol. The van der Waals surface area contributed by atoms with Gasteiger partial charge in [-0.1, -0.05) is 0 Å². The van der Waals surface area contributed by atoms with Crippen LogP contribution in [0.25, 0.3) is 10.9 Å². The van der Waals surface area contributed by atoms with Gasteiger partial charge in [0.2, 0.25) is 5.91 Å². The van der Waals surface area contributed by atoms with Crippen molar-refractivity contribution in [2.75, 3.05) is 39.8 Å². The molecule has 0 unspecified atom stereocenters. The van der Waals surface area contributed by atoms with Crippen molar-refractivity contribution < 1.29 is 14.3 Å². The second kappa shape index (κ2) is 6.85. The number of fused-ring (bicyclic) bond motifs is 1. The monoisotopic (exact) mass is 396 g/mol. The maximum Gasteiger partial charge on any atom is 0.254 e. The molecule has 1 spiro atoms. The van der Waals surface area contributed by atoms with Crippen LogP contribution in [0.3, 0.4) is 0 Å². The van der Waals surface area contributed by atoms with Crippen LogP contribution in [-0.4, -0.2) is 77.7 Å². The lowest BCUT2D eigenvalue weighted by molar-refractivity contribution is -0.191. The molecule has 3 aliphatic rings. The van der Waals surface area contributed by atoms with Gasteiger partial charge >= 0.3 is 0 Å². The summed E-state index contributed by atoms with van der Waals surface area (Å²) in [6, 6.07) is 7.67. The smallest absolute Gasteiger partial charge is 0.254 e. The lowest BCUT2D eigenvalue weighted by atomic mass is 9.89. The standard InChI is InChI=1S/C22H28N4O3/c1-23-20(27)19-11-29-22(12-25(19)10-15-3-4-15)13-26(14-22)21(28)17-5-6-18-16(9-17)7-8-24(18)2/h5-9,15,19H,3-4,10-14H2,1-2H3,(H,23,27)/t19-/m1/s1. The fourth-order valence-electron chi connectivity index (χ4n) is 4.70. The highest BCUT2D eigenvalue weighted by molar-refractivity contribution is 5.98. The summed E-state index contributed by atoms with van der Waals surface area (Å²) in [7, 11) is 3.68. The number of ether oxygens (including phenoxy) is 1. The van der Waals surface area contributed by atoms with Crippen LogP contribution in [-0.2, 0) is 16.6 Å². The largest absolute Gasteiger partial charge is 0.368 e. The van der Waals surface area contributed by atoms with Crippen LogP contribution in [0.15, 0.2) is 30.5 Å². The van der Waals surface area contributed by atoms with Gasteiger partial charge in [-0.15, -0.1) is 0 Å². The third-order valence-electron chi connectivity index (χ3n) is 6.60. The first-order valence-electron chi connectivity index (χ1n) is 10.4. The molecular formula is C22H28N4O3. The zero-order chi connectivity index (χ0) is 20.2. The topological polar surface area (TPSA) is 66.8 Å². The van der Waals surface area contributed by atoms with Crippen LogP contribution in [0.5, 0.6) is 0 Å². The van der Waals surface area contributed by atoms with Crippen LogP contribution in [0.1, 0.15) is 23.2 Å². The normalized spacial score (nSPS) is 23.9. The maximum absolute atomic E-state index is 13.0. The molecular weight excluding hydrogens is 368 g/mol. The van der Waals surface area contributed by atoms with Crippen molar-refractivity contribution in [1.29, 1.82) is 0 Å². The number of hydrogen-bond donors (Lipinski definition) is 1. The van der Waals surface area contributed by atoms with E-state index in [4.69, 9.17) is 4.74 Å². The third-order valence-corrected chi connectivity index (χ3v) is 6.60. The molecule has 2 aromatic rings. The molecule has 1 aliphatic carbocycles. The van der Waals surface area contributed by atoms with Gasteiger partial charge in [-0.2, -0.15) is 0 Å². The van der Waals surface area contributed by atoms with Crippen molar-refractivity contribution in [2.24, 2.45) is 13.0 Å². The SMILES string of the molecule is CNC(=O)[C@H]1COC2(CN(C(=O)c3ccc4c(ccn4C)c3)C2)CN1CC1CC1. The van der Waals surface area contributed by atoms with E-state index in [1.807, 2.05) is 42.4 Å². The number of carbonyl (C=O) groups excluding carboxylic acids is 2. The molecule has 2 saturated heterocycles. The molecule has 1 aromatic carbocycles. The molecule has 0 radical (unpaired) electrons. The van der Waals surface area contributed by atoms with Gasteiger partial charge in [-0.05, 0) is 43.0 Å². The summed E-state index contributed by atoms with van der Waals surface area (Å²) in [6.07, 6.45) is 4.50. The number of aromatic nitrogens is 1. The van der Waals surface area contributed by atoms with Gasteiger partial charge in [0.15, 0.2) is 0 Å². The minimum Gasteiger partial charge on any atom is -0.368 e. The van der Waals surface area contributed by atoms with E-state index in [9.17, 15) is 9.59 Å². The van der Waals surface area contributed by atoms with Gasteiger partial charge < -0.3 is 19.5 Å². The summed E-state index contributed by atoms with van der Waals surface area (Å²) in [5.41, 5.74) is 1.49. The van der Waals surface area contributed by atoms with Crippen LogP contribution in [0.4, 0.5) is 0 Å². The molecule has 2 amide bonds. The molecule has 7 heteroatoms. The van der Waals surface area contributed by atoms with E-state index in [2.05, 4.69) is 14.8 Å². The first-order chi connectivity index (χ1) is 14.0. The number of carbonyl (C=O) groups is 2. The quantitative estimate of drug-likeness (QED) is 0.844. The zero-order valence-corrected chi connectivity index (χ0v) is 17.1. The summed E-state index contributed by atoms with van der Waals surface area (Å²) < 4.78 is 8.21. The molecule has 3 fully saturated rings. The average molecular weight is 396 g/mol. The second-order valence-electron chi connectivity index (χ2n) is 8.86. The summed E-state index contributed by atoms with van der Waals surface area (Å²) in [5, 5.41) is 3.84. The molecule has 7 nitrogen and oxygen atoms in total. The predicted octanol–water partition coefficient (Wildman–Crippen LogP) is 1.23. The number of nitrogens with one attached hydrogen (secondary N) is 1. The molecule has 2 aliphatic heterocycles. The molecule has 154 valence electrons. The van der Waals surface area contributed by atoms with E-state index >= 15 is 0 Å². The molecule has 1 N–H and O–H groups in total. The van der Waals surface area contributed by atoms with Gasteiger partial charge in [-0.25, -0.2) is 0 Å². The number of amides is 2. The summed E-state index contributed by atoms with van der Waals surface area (Å²) in [4.78, 5) is 29.4. The average Bonchev–Trinajstić information content (AvgIpc) is 3.45. The number of hydrogen-bond acceptors (Lipinski definition) is 4. The van der Waals surface area contributed by atoms with E-state index in [0.29, 0.717) is 37.7 Å². The van der Waals surface area contributed by atoms with E-state index in [-0.39, 0.29) is 23.5 Å². The Balaban J connectivity index is 1.27. The molecule has 1 aromatic heterocycles. The summed E-state index contributed by atoms with van der Waals surface area (Å²) in [5.74, 6) is 0.767. The number of likely N-dealkylation sites (N-methyl/N-ethyl adjacent to an activating group) is 1. The van der Waals surface area contributed by atoms with E-state index in [1.54, 1.807) is 7.05 Å². The number of aryl methyl sites for hydroxylation is 1. The van der Waals surface area contributed by atoms with Crippen molar-refractivity contribution in [3.05, 3.63) is 36.0 Å². The minimum absolute atomic E-state index is 0.0175. The molecule has 1 atom stereocenters. The van der Waals surface area contributed by atoms with Crippen molar-refractivity contribution in [3.63, 3.8) is 0 Å². The van der Waals surface area contributed by atoms with Crippen LogP contribution < -0.4 is 5.32 Å². The Hall–Kier alpha value is -2.38. The molecule has 5 rings (SSSR count). The Morgan fingerprint density at radius 2 is 2.00 bits per heavy atom. The van der Waals surface area contributed by atoms with Crippen molar-refractivity contribution in [1.82, 2.24) is 19.7 Å². The molecule has 0 bridgehead atoms.